The average molecular weight is 270 g/mol. The number of nitrogens with zero attached hydrogens (tertiary/aromatic N) is 1. The van der Waals surface area contributed by atoms with E-state index in [9.17, 15) is 4.79 Å². The summed E-state index contributed by atoms with van der Waals surface area (Å²) in [5.74, 6) is 6.37. The Balaban J connectivity index is 1.73. The number of nitrogens with one attached hydrogen (secondary N) is 2. The molecule has 0 bridgehead atoms. The van der Waals surface area contributed by atoms with Gasteiger partial charge in [-0.15, -0.1) is 0 Å². The number of nitrogen functional groups attached to an aromatic ring is 1. The largest absolute Gasteiger partial charge is 0.491 e. The zero-order valence-electron chi connectivity index (χ0n) is 10.7. The lowest BCUT2D eigenvalue weighted by Crippen LogP contribution is -2.29. The van der Waals surface area contributed by atoms with E-state index in [1.54, 1.807) is 12.1 Å². The van der Waals surface area contributed by atoms with Crippen molar-refractivity contribution in [3.63, 3.8) is 0 Å². The Hall–Kier alpha value is -2.60. The van der Waals surface area contributed by atoms with Crippen LogP contribution in [0.2, 0.25) is 0 Å². The van der Waals surface area contributed by atoms with Crippen LogP contribution in [0.4, 0.5) is 5.82 Å². The average Bonchev–Trinajstić information content (AvgIpc) is 2.91. The van der Waals surface area contributed by atoms with Crippen molar-refractivity contribution < 1.29 is 9.53 Å². The number of anilines is 1. The van der Waals surface area contributed by atoms with E-state index >= 15 is 0 Å². The maximum absolute atomic E-state index is 12.2. The fraction of sp³-hybridized carbons (Fsp3) is 0.143. The third-order valence-electron chi connectivity index (χ3n) is 3.18. The number of amides is 1. The lowest BCUT2D eigenvalue weighted by Gasteiger charge is -2.11. The molecule has 1 aromatic heterocycles. The number of nitrogens with two attached hydrogens (primary N) is 1. The maximum atomic E-state index is 12.2. The lowest BCUT2D eigenvalue weighted by atomic mass is 10.1. The van der Waals surface area contributed by atoms with Gasteiger partial charge < -0.3 is 15.5 Å². The Kier molecular flexibility index (Phi) is 3.22. The number of para-hydroxylation sites is 1. The van der Waals surface area contributed by atoms with Gasteiger partial charge in [-0.1, -0.05) is 18.2 Å². The highest BCUT2D eigenvalue weighted by molar-refractivity contribution is 5.94. The van der Waals surface area contributed by atoms with Crippen molar-refractivity contribution in [1.29, 1.82) is 0 Å². The van der Waals surface area contributed by atoms with Gasteiger partial charge >= 0.3 is 0 Å². The standard InChI is InChI=1S/C14H14N4O2/c15-18-13-6-5-9(7-16-13)14(19)17-11-8-20-12-4-2-1-3-10(11)12/h1-7,11H,8,15H2,(H,16,18)(H,17,19). The van der Waals surface area contributed by atoms with Gasteiger partial charge in [0.15, 0.2) is 0 Å². The quantitative estimate of drug-likeness (QED) is 0.576. The van der Waals surface area contributed by atoms with Crippen LogP contribution in [-0.4, -0.2) is 17.5 Å². The Morgan fingerprint density at radius 3 is 2.90 bits per heavy atom. The topological polar surface area (TPSA) is 89.3 Å². The second-order valence-corrected chi connectivity index (χ2v) is 4.45. The first-order valence-corrected chi connectivity index (χ1v) is 6.23. The summed E-state index contributed by atoms with van der Waals surface area (Å²) in [5.41, 5.74) is 3.89. The van der Waals surface area contributed by atoms with Crippen molar-refractivity contribution in [3.05, 3.63) is 53.7 Å². The van der Waals surface area contributed by atoms with Crippen LogP contribution in [0.3, 0.4) is 0 Å². The molecule has 1 aliphatic rings. The summed E-state index contributed by atoms with van der Waals surface area (Å²) in [6.07, 6.45) is 1.48. The summed E-state index contributed by atoms with van der Waals surface area (Å²) in [6, 6.07) is 10.9. The van der Waals surface area contributed by atoms with Gasteiger partial charge in [0.05, 0.1) is 11.6 Å². The van der Waals surface area contributed by atoms with E-state index in [-0.39, 0.29) is 11.9 Å². The summed E-state index contributed by atoms with van der Waals surface area (Å²) in [5, 5.41) is 2.93. The van der Waals surface area contributed by atoms with Gasteiger partial charge in [0.2, 0.25) is 0 Å². The molecule has 1 aliphatic heterocycles. The fourth-order valence-electron chi connectivity index (χ4n) is 2.14. The van der Waals surface area contributed by atoms with Crippen molar-refractivity contribution in [2.45, 2.75) is 6.04 Å². The first-order chi connectivity index (χ1) is 9.78. The number of aromatic nitrogens is 1. The molecule has 0 saturated carbocycles. The number of benzene rings is 1. The van der Waals surface area contributed by atoms with Crippen LogP contribution >= 0.6 is 0 Å². The predicted molar refractivity (Wildman–Crippen MR) is 74.2 cm³/mol. The summed E-state index contributed by atoms with van der Waals surface area (Å²) in [4.78, 5) is 16.2. The normalized spacial score (nSPS) is 16.1. The first kappa shape index (κ1) is 12.4. The Morgan fingerprint density at radius 2 is 2.15 bits per heavy atom. The van der Waals surface area contributed by atoms with Crippen LogP contribution in [-0.2, 0) is 0 Å². The minimum Gasteiger partial charge on any atom is -0.491 e. The highest BCUT2D eigenvalue weighted by atomic mass is 16.5. The molecule has 4 N–H and O–H groups in total. The number of carbonyl (C=O) groups excluding carboxylic acids is 1. The number of rotatable bonds is 3. The van der Waals surface area contributed by atoms with Crippen LogP contribution in [0, 0.1) is 0 Å². The Morgan fingerprint density at radius 1 is 1.30 bits per heavy atom. The molecule has 0 spiro atoms. The van der Waals surface area contributed by atoms with E-state index in [1.165, 1.54) is 6.20 Å². The van der Waals surface area contributed by atoms with Gasteiger partial charge in [0.1, 0.15) is 18.2 Å². The third kappa shape index (κ3) is 2.28. The maximum Gasteiger partial charge on any atom is 0.253 e. The number of carbonyl (C=O) groups is 1. The molecule has 0 radical (unpaired) electrons. The van der Waals surface area contributed by atoms with Crippen LogP contribution in [0.5, 0.6) is 5.75 Å². The van der Waals surface area contributed by atoms with Crippen molar-refractivity contribution in [2.75, 3.05) is 12.0 Å². The highest BCUT2D eigenvalue weighted by Crippen LogP contribution is 2.31. The molecule has 0 saturated heterocycles. The number of pyridine rings is 1. The minimum absolute atomic E-state index is 0.133. The fourth-order valence-corrected chi connectivity index (χ4v) is 2.14. The van der Waals surface area contributed by atoms with E-state index < -0.39 is 0 Å². The molecule has 1 unspecified atom stereocenters. The summed E-state index contributed by atoms with van der Waals surface area (Å²) in [6.45, 7) is 0.445. The zero-order chi connectivity index (χ0) is 13.9. The van der Waals surface area contributed by atoms with Crippen LogP contribution in [0.15, 0.2) is 42.6 Å². The molecule has 20 heavy (non-hydrogen) atoms. The van der Waals surface area contributed by atoms with Crippen molar-refractivity contribution >= 4 is 11.7 Å². The van der Waals surface area contributed by atoms with Crippen molar-refractivity contribution in [3.8, 4) is 5.75 Å². The van der Waals surface area contributed by atoms with Crippen molar-refractivity contribution in [1.82, 2.24) is 10.3 Å². The first-order valence-electron chi connectivity index (χ1n) is 6.23. The minimum atomic E-state index is -0.189. The Labute approximate surface area is 115 Å². The SMILES string of the molecule is NNc1ccc(C(=O)NC2COc3ccccc32)cn1. The Bertz CT molecular complexity index is 627. The lowest BCUT2D eigenvalue weighted by molar-refractivity contribution is 0.0930. The molecule has 1 aromatic carbocycles. The molecular weight excluding hydrogens is 256 g/mol. The smallest absolute Gasteiger partial charge is 0.253 e. The molecule has 102 valence electrons. The van der Waals surface area contributed by atoms with Gasteiger partial charge in [0, 0.05) is 11.8 Å². The number of hydrogen-bond donors (Lipinski definition) is 3. The zero-order valence-corrected chi connectivity index (χ0v) is 10.7. The third-order valence-corrected chi connectivity index (χ3v) is 3.18. The number of ether oxygens (including phenoxy) is 1. The molecule has 0 aliphatic carbocycles. The number of hydrogen-bond acceptors (Lipinski definition) is 5. The van der Waals surface area contributed by atoms with Gasteiger partial charge in [-0.25, -0.2) is 10.8 Å². The number of hydrazine groups is 1. The molecule has 6 heteroatoms. The van der Waals surface area contributed by atoms with E-state index in [0.717, 1.165) is 11.3 Å². The molecule has 2 aromatic rings. The van der Waals surface area contributed by atoms with Gasteiger partial charge in [0.25, 0.3) is 5.91 Å². The summed E-state index contributed by atoms with van der Waals surface area (Å²) in [7, 11) is 0. The van der Waals surface area contributed by atoms with E-state index in [4.69, 9.17) is 10.6 Å². The van der Waals surface area contributed by atoms with Crippen LogP contribution in [0.25, 0.3) is 0 Å². The molecule has 6 nitrogen and oxygen atoms in total. The second-order valence-electron chi connectivity index (χ2n) is 4.45. The van der Waals surface area contributed by atoms with Crippen LogP contribution < -0.4 is 21.3 Å². The molecule has 1 amide bonds. The van der Waals surface area contributed by atoms with Crippen molar-refractivity contribution in [2.24, 2.45) is 5.84 Å². The van der Waals surface area contributed by atoms with Gasteiger partial charge in [-0.2, -0.15) is 0 Å². The van der Waals surface area contributed by atoms with E-state index in [2.05, 4.69) is 15.7 Å². The monoisotopic (exact) mass is 270 g/mol. The van der Waals surface area contributed by atoms with E-state index in [0.29, 0.717) is 18.0 Å². The molecule has 2 heterocycles. The number of fused-ring (bicyclic) bond motifs is 1. The van der Waals surface area contributed by atoms with E-state index in [1.807, 2.05) is 24.3 Å². The predicted octanol–water partition coefficient (Wildman–Crippen LogP) is 1.23. The van der Waals surface area contributed by atoms with Crippen LogP contribution in [0.1, 0.15) is 22.0 Å². The van der Waals surface area contributed by atoms with Gasteiger partial charge in [-0.05, 0) is 18.2 Å². The molecule has 3 rings (SSSR count). The highest BCUT2D eigenvalue weighted by Gasteiger charge is 2.25. The van der Waals surface area contributed by atoms with Gasteiger partial charge in [-0.3, -0.25) is 4.79 Å². The second kappa shape index (κ2) is 5.18. The summed E-state index contributed by atoms with van der Waals surface area (Å²) >= 11 is 0. The molecular formula is C14H14N4O2. The molecule has 1 atom stereocenters. The molecule has 0 fully saturated rings. The summed E-state index contributed by atoms with van der Waals surface area (Å²) < 4.78 is 5.53.